The molecule has 0 spiro atoms. The number of hydrogen-bond acceptors (Lipinski definition) is 8. The molecule has 0 N–H and O–H groups in total. The zero-order valence-corrected chi connectivity index (χ0v) is 15.0. The summed E-state index contributed by atoms with van der Waals surface area (Å²) in [5, 5.41) is 28.4. The second-order valence-corrected chi connectivity index (χ2v) is 6.96. The molecule has 0 bridgehead atoms. The Bertz CT molecular complexity index is 977. The van der Waals surface area contributed by atoms with Crippen molar-refractivity contribution in [1.29, 1.82) is 5.26 Å². The third-order valence-corrected chi connectivity index (χ3v) is 5.56. The van der Waals surface area contributed by atoms with Crippen molar-refractivity contribution in [2.45, 2.75) is 18.9 Å². The molecule has 4 rings (SSSR count). The van der Waals surface area contributed by atoms with Gasteiger partial charge in [0.25, 0.3) is 5.69 Å². The molecule has 3 aliphatic heterocycles. The molecule has 3 aliphatic rings. The fraction of sp³-hybridized carbons (Fsp3) is 0.389. The molecule has 28 heavy (non-hydrogen) atoms. The van der Waals surface area contributed by atoms with Crippen molar-refractivity contribution < 1.29 is 14.5 Å². The average Bonchev–Trinajstić information content (AvgIpc) is 3.33. The number of carbonyl (C=O) groups is 2. The van der Waals surface area contributed by atoms with E-state index in [9.17, 15) is 25.0 Å². The lowest BCUT2D eigenvalue weighted by atomic mass is 9.89. The number of non-ortho nitro benzene ring substituents is 1. The van der Waals surface area contributed by atoms with Crippen LogP contribution in [-0.4, -0.2) is 46.2 Å². The van der Waals surface area contributed by atoms with Crippen molar-refractivity contribution in [2.75, 3.05) is 13.6 Å². The topological polar surface area (TPSA) is 132 Å². The Balaban J connectivity index is 1.72. The molecule has 3 fully saturated rings. The first-order valence-electron chi connectivity index (χ1n) is 8.82. The van der Waals surface area contributed by atoms with Crippen LogP contribution in [0.3, 0.4) is 0 Å². The number of nitriles is 1. The van der Waals surface area contributed by atoms with Crippen molar-refractivity contribution in [3.63, 3.8) is 0 Å². The maximum absolute atomic E-state index is 12.6. The van der Waals surface area contributed by atoms with Crippen molar-refractivity contribution in [2.24, 2.45) is 22.1 Å². The van der Waals surface area contributed by atoms with Gasteiger partial charge >= 0.3 is 0 Å². The van der Waals surface area contributed by atoms with Gasteiger partial charge in [0, 0.05) is 31.8 Å². The summed E-state index contributed by atoms with van der Waals surface area (Å²) in [5.74, 6) is -1.72. The standard InChI is InChI=1S/C18H16N6O4/c1-22-17(25)14-13-3-2-8-23(13)16(15(14)18(22)26)12(9-19)21-20-10-4-6-11(7-5-10)24(27)28/h4-7,13-15H,2-3,8H2,1H3/b16-12-,21-20?/t13-,14+,15+/m1/s1. The maximum Gasteiger partial charge on any atom is 0.269 e. The molecule has 3 atom stereocenters. The number of hydrogen-bond donors (Lipinski definition) is 0. The monoisotopic (exact) mass is 380 g/mol. The molecular weight excluding hydrogens is 364 g/mol. The number of nitro groups is 1. The summed E-state index contributed by atoms with van der Waals surface area (Å²) in [6, 6.07) is 7.35. The highest BCUT2D eigenvalue weighted by Crippen LogP contribution is 2.49. The van der Waals surface area contributed by atoms with E-state index in [0.717, 1.165) is 17.7 Å². The predicted molar refractivity (Wildman–Crippen MR) is 94.7 cm³/mol. The zero-order chi connectivity index (χ0) is 20.0. The molecule has 3 saturated heterocycles. The van der Waals surface area contributed by atoms with E-state index in [2.05, 4.69) is 10.2 Å². The second kappa shape index (κ2) is 6.53. The number of azo groups is 1. The minimum absolute atomic E-state index is 0.00537. The lowest BCUT2D eigenvalue weighted by molar-refractivity contribution is -0.384. The first-order valence-corrected chi connectivity index (χ1v) is 8.82. The third kappa shape index (κ3) is 2.55. The van der Waals surface area contributed by atoms with Crippen LogP contribution in [0.1, 0.15) is 12.8 Å². The summed E-state index contributed by atoms with van der Waals surface area (Å²) in [5.41, 5.74) is 0.726. The van der Waals surface area contributed by atoms with E-state index in [-0.39, 0.29) is 29.2 Å². The van der Waals surface area contributed by atoms with Gasteiger partial charge in [0.2, 0.25) is 11.8 Å². The Morgan fingerprint density at radius 1 is 1.29 bits per heavy atom. The normalized spacial score (nSPS) is 27.9. The molecule has 10 nitrogen and oxygen atoms in total. The lowest BCUT2D eigenvalue weighted by Gasteiger charge is -2.23. The van der Waals surface area contributed by atoms with Crippen LogP contribution in [0, 0.1) is 33.3 Å². The van der Waals surface area contributed by atoms with Gasteiger partial charge in [-0.15, -0.1) is 10.2 Å². The largest absolute Gasteiger partial charge is 0.368 e. The fourth-order valence-electron chi connectivity index (χ4n) is 4.32. The summed E-state index contributed by atoms with van der Waals surface area (Å²) in [4.78, 5) is 38.4. The third-order valence-electron chi connectivity index (χ3n) is 5.56. The highest BCUT2D eigenvalue weighted by Gasteiger charge is 2.60. The first-order chi connectivity index (χ1) is 13.4. The molecule has 1 aromatic rings. The van der Waals surface area contributed by atoms with Gasteiger partial charge in [0.15, 0.2) is 5.70 Å². The van der Waals surface area contributed by atoms with Gasteiger partial charge < -0.3 is 4.90 Å². The van der Waals surface area contributed by atoms with E-state index in [1.807, 2.05) is 11.0 Å². The van der Waals surface area contributed by atoms with Gasteiger partial charge in [-0.1, -0.05) is 0 Å². The van der Waals surface area contributed by atoms with Crippen molar-refractivity contribution in [1.82, 2.24) is 9.80 Å². The molecule has 0 unspecified atom stereocenters. The van der Waals surface area contributed by atoms with Gasteiger partial charge in [-0.3, -0.25) is 24.6 Å². The summed E-state index contributed by atoms with van der Waals surface area (Å²) >= 11 is 0. The number of rotatable bonds is 3. The number of likely N-dealkylation sites (tertiary alicyclic amines) is 1. The van der Waals surface area contributed by atoms with Crippen LogP contribution in [0.4, 0.5) is 11.4 Å². The van der Waals surface area contributed by atoms with E-state index in [1.165, 1.54) is 31.3 Å². The molecule has 142 valence electrons. The molecule has 0 radical (unpaired) electrons. The molecular formula is C18H16N6O4. The quantitative estimate of drug-likeness (QED) is 0.259. The molecule has 0 aromatic heterocycles. The Morgan fingerprint density at radius 2 is 2.00 bits per heavy atom. The number of carbonyl (C=O) groups excluding carboxylic acids is 2. The second-order valence-electron chi connectivity index (χ2n) is 6.96. The van der Waals surface area contributed by atoms with Crippen LogP contribution >= 0.6 is 0 Å². The van der Waals surface area contributed by atoms with Crippen LogP contribution < -0.4 is 0 Å². The van der Waals surface area contributed by atoms with Crippen LogP contribution in [0.5, 0.6) is 0 Å². The highest BCUT2D eigenvalue weighted by atomic mass is 16.6. The Hall–Kier alpha value is -3.61. The van der Waals surface area contributed by atoms with Crippen LogP contribution in [0.15, 0.2) is 45.9 Å². The predicted octanol–water partition coefficient (Wildman–Crippen LogP) is 2.12. The van der Waals surface area contributed by atoms with Gasteiger partial charge in [-0.2, -0.15) is 5.26 Å². The van der Waals surface area contributed by atoms with E-state index in [4.69, 9.17) is 0 Å². The summed E-state index contributed by atoms with van der Waals surface area (Å²) in [6.07, 6.45) is 1.66. The molecule has 10 heteroatoms. The number of benzene rings is 1. The van der Waals surface area contributed by atoms with Crippen LogP contribution in [0.25, 0.3) is 0 Å². The smallest absolute Gasteiger partial charge is 0.269 e. The number of allylic oxidation sites excluding steroid dienone is 1. The Morgan fingerprint density at radius 3 is 2.64 bits per heavy atom. The van der Waals surface area contributed by atoms with Gasteiger partial charge in [-0.25, -0.2) is 0 Å². The average molecular weight is 380 g/mol. The van der Waals surface area contributed by atoms with Gasteiger partial charge in [0.1, 0.15) is 6.07 Å². The highest BCUT2D eigenvalue weighted by molar-refractivity contribution is 6.07. The van der Waals surface area contributed by atoms with E-state index >= 15 is 0 Å². The van der Waals surface area contributed by atoms with Crippen molar-refractivity contribution in [3.05, 3.63) is 45.8 Å². The first kappa shape index (κ1) is 17.8. The molecule has 0 aliphatic carbocycles. The van der Waals surface area contributed by atoms with E-state index in [1.54, 1.807) is 0 Å². The van der Waals surface area contributed by atoms with Crippen LogP contribution in [-0.2, 0) is 9.59 Å². The lowest BCUT2D eigenvalue weighted by Crippen LogP contribution is -2.35. The number of fused-ring (bicyclic) bond motifs is 3. The Kier molecular flexibility index (Phi) is 4.15. The molecule has 3 heterocycles. The zero-order valence-electron chi connectivity index (χ0n) is 15.0. The molecule has 0 saturated carbocycles. The van der Waals surface area contributed by atoms with Crippen molar-refractivity contribution >= 4 is 23.2 Å². The van der Waals surface area contributed by atoms with Crippen molar-refractivity contribution in [3.8, 4) is 6.07 Å². The minimum atomic E-state index is -0.701. The summed E-state index contributed by atoms with van der Waals surface area (Å²) < 4.78 is 0. The van der Waals surface area contributed by atoms with E-state index < -0.39 is 16.8 Å². The van der Waals surface area contributed by atoms with Crippen LogP contribution in [0.2, 0.25) is 0 Å². The number of amides is 2. The van der Waals surface area contributed by atoms with E-state index in [0.29, 0.717) is 17.9 Å². The summed E-state index contributed by atoms with van der Waals surface area (Å²) in [7, 11) is 1.46. The van der Waals surface area contributed by atoms with Gasteiger partial charge in [0.05, 0.1) is 28.1 Å². The number of imide groups is 1. The fourth-order valence-corrected chi connectivity index (χ4v) is 4.32. The molecule has 2 amide bonds. The Labute approximate surface area is 159 Å². The minimum Gasteiger partial charge on any atom is -0.368 e. The SMILES string of the molecule is CN1C(=O)[C@@H]2[C@H](C1=O)/C(=C(\C#N)N=Nc1ccc([N+](=O)[O-])cc1)N1CCC[C@H]21. The number of nitro benzene ring substituents is 1. The summed E-state index contributed by atoms with van der Waals surface area (Å²) in [6.45, 7) is 0.662. The molecule has 1 aromatic carbocycles. The maximum atomic E-state index is 12.6. The number of nitrogens with zero attached hydrogens (tertiary/aromatic N) is 6. The van der Waals surface area contributed by atoms with Gasteiger partial charge in [-0.05, 0) is 25.0 Å².